The van der Waals surface area contributed by atoms with Crippen LogP contribution in [0.3, 0.4) is 0 Å². The van der Waals surface area contributed by atoms with Gasteiger partial charge in [0.1, 0.15) is 5.75 Å². The molecular formula is C19H24N2O2S. The number of nitrogens with one attached hydrogen (secondary N) is 1. The normalized spacial score (nSPS) is 15.4. The van der Waals surface area contributed by atoms with Crippen molar-refractivity contribution in [1.29, 1.82) is 0 Å². The number of carbonyl (C=O) groups is 1. The van der Waals surface area contributed by atoms with E-state index in [1.54, 1.807) is 18.4 Å². The van der Waals surface area contributed by atoms with Gasteiger partial charge in [0.25, 0.3) is 5.91 Å². The van der Waals surface area contributed by atoms with Gasteiger partial charge in [-0.3, -0.25) is 4.79 Å². The Bertz CT molecular complexity index is 718. The zero-order chi connectivity index (χ0) is 17.1. The Labute approximate surface area is 147 Å². The van der Waals surface area contributed by atoms with Crippen LogP contribution in [0.15, 0.2) is 30.3 Å². The molecule has 4 nitrogen and oxygen atoms in total. The van der Waals surface area contributed by atoms with E-state index in [0.29, 0.717) is 6.04 Å². The molecule has 1 aromatic carbocycles. The lowest BCUT2D eigenvalue weighted by molar-refractivity contribution is 0.0718. The number of carbonyl (C=O) groups excluding carboxylic acids is 1. The molecule has 1 amide bonds. The molecule has 5 heteroatoms. The van der Waals surface area contributed by atoms with Crippen molar-refractivity contribution in [2.24, 2.45) is 0 Å². The van der Waals surface area contributed by atoms with E-state index < -0.39 is 0 Å². The quantitative estimate of drug-likeness (QED) is 0.908. The molecule has 2 aromatic rings. The van der Waals surface area contributed by atoms with Crippen LogP contribution in [0.25, 0.3) is 0 Å². The van der Waals surface area contributed by atoms with E-state index in [2.05, 4.69) is 18.3 Å². The molecular weight excluding hydrogens is 320 g/mol. The molecule has 0 saturated carbocycles. The number of nitrogens with zero attached hydrogens (tertiary/aromatic N) is 1. The number of hydrogen-bond donors (Lipinski definition) is 1. The Balaban J connectivity index is 1.57. The first kappa shape index (κ1) is 16.8. The number of ether oxygens (including phenoxy) is 1. The molecule has 0 bridgehead atoms. The second-order valence-corrected chi connectivity index (χ2v) is 7.73. The van der Waals surface area contributed by atoms with Crippen molar-refractivity contribution in [1.82, 2.24) is 4.90 Å². The largest absolute Gasteiger partial charge is 0.497 e. The molecule has 1 saturated heterocycles. The molecule has 0 radical (unpaired) electrons. The predicted octanol–water partition coefficient (Wildman–Crippen LogP) is 4.09. The summed E-state index contributed by atoms with van der Waals surface area (Å²) in [5, 5.41) is 3.55. The Morgan fingerprint density at radius 3 is 2.62 bits per heavy atom. The zero-order valence-electron chi connectivity index (χ0n) is 14.5. The van der Waals surface area contributed by atoms with Gasteiger partial charge in [-0.1, -0.05) is 6.07 Å². The van der Waals surface area contributed by atoms with E-state index in [9.17, 15) is 4.79 Å². The van der Waals surface area contributed by atoms with Crippen LogP contribution in [0, 0.1) is 13.8 Å². The van der Waals surface area contributed by atoms with Crippen LogP contribution in [-0.2, 0) is 0 Å². The smallest absolute Gasteiger partial charge is 0.254 e. The molecule has 0 aliphatic carbocycles. The van der Waals surface area contributed by atoms with Gasteiger partial charge in [0.15, 0.2) is 0 Å². The summed E-state index contributed by atoms with van der Waals surface area (Å²) in [4.78, 5) is 17.0. The van der Waals surface area contributed by atoms with Crippen LogP contribution in [0.2, 0.25) is 0 Å². The van der Waals surface area contributed by atoms with E-state index in [1.807, 2.05) is 36.1 Å². The summed E-state index contributed by atoms with van der Waals surface area (Å²) >= 11 is 1.70. The highest BCUT2D eigenvalue weighted by Crippen LogP contribution is 2.25. The SMILES string of the molecule is COc1cccc(NC2CCN(C(=O)c3cc(C)sc3C)CC2)c1. The fraction of sp³-hybridized carbons (Fsp3) is 0.421. The summed E-state index contributed by atoms with van der Waals surface area (Å²) in [5.41, 5.74) is 1.94. The van der Waals surface area contributed by atoms with Gasteiger partial charge >= 0.3 is 0 Å². The minimum absolute atomic E-state index is 0.177. The third-order valence-corrected chi connectivity index (χ3v) is 5.46. The highest BCUT2D eigenvalue weighted by atomic mass is 32.1. The zero-order valence-corrected chi connectivity index (χ0v) is 15.3. The highest BCUT2D eigenvalue weighted by Gasteiger charge is 2.25. The minimum atomic E-state index is 0.177. The average molecular weight is 344 g/mol. The van der Waals surface area contributed by atoms with Gasteiger partial charge in [-0.2, -0.15) is 0 Å². The number of aryl methyl sites for hydroxylation is 2. The molecule has 0 unspecified atom stereocenters. The van der Waals surface area contributed by atoms with Crippen molar-refractivity contribution in [2.45, 2.75) is 32.7 Å². The second kappa shape index (κ2) is 7.26. The Kier molecular flexibility index (Phi) is 5.09. The molecule has 1 aromatic heterocycles. The van der Waals surface area contributed by atoms with Crippen molar-refractivity contribution in [3.8, 4) is 5.75 Å². The average Bonchev–Trinajstić information content (AvgIpc) is 2.93. The first-order valence-corrected chi connectivity index (χ1v) is 9.15. The summed E-state index contributed by atoms with van der Waals surface area (Å²) in [5.74, 6) is 1.03. The van der Waals surface area contributed by atoms with Gasteiger partial charge in [0.05, 0.1) is 12.7 Å². The molecule has 3 rings (SSSR count). The number of thiophene rings is 1. The number of likely N-dealkylation sites (tertiary alicyclic amines) is 1. The summed E-state index contributed by atoms with van der Waals surface area (Å²) < 4.78 is 5.26. The van der Waals surface area contributed by atoms with Crippen LogP contribution in [0.4, 0.5) is 5.69 Å². The summed E-state index contributed by atoms with van der Waals surface area (Å²) in [6.45, 7) is 5.68. The molecule has 128 valence electrons. The van der Waals surface area contributed by atoms with Gasteiger partial charge < -0.3 is 15.0 Å². The topological polar surface area (TPSA) is 41.6 Å². The van der Waals surface area contributed by atoms with Crippen molar-refractivity contribution in [3.05, 3.63) is 45.6 Å². The van der Waals surface area contributed by atoms with Gasteiger partial charge in [-0.25, -0.2) is 0 Å². The van der Waals surface area contributed by atoms with Crippen LogP contribution in [-0.4, -0.2) is 37.0 Å². The molecule has 1 aliphatic heterocycles. The number of amides is 1. The first-order valence-electron chi connectivity index (χ1n) is 8.33. The molecule has 24 heavy (non-hydrogen) atoms. The number of anilines is 1. The first-order chi connectivity index (χ1) is 11.6. The number of benzene rings is 1. The van der Waals surface area contributed by atoms with Crippen LogP contribution < -0.4 is 10.1 Å². The number of piperidine rings is 1. The molecule has 0 atom stereocenters. The lowest BCUT2D eigenvalue weighted by atomic mass is 10.0. The fourth-order valence-electron chi connectivity index (χ4n) is 3.19. The van der Waals surface area contributed by atoms with Crippen LogP contribution in [0.1, 0.15) is 33.0 Å². The standard InChI is InChI=1S/C19H24N2O2S/c1-13-11-18(14(2)24-13)19(22)21-9-7-15(8-10-21)20-16-5-4-6-17(12-16)23-3/h4-6,11-12,15,20H,7-10H2,1-3H3. The van der Waals surface area contributed by atoms with E-state index in [0.717, 1.165) is 47.8 Å². The third kappa shape index (κ3) is 3.73. The van der Waals surface area contributed by atoms with Crippen molar-refractivity contribution >= 4 is 22.9 Å². The van der Waals surface area contributed by atoms with E-state index in [4.69, 9.17) is 4.74 Å². The Morgan fingerprint density at radius 1 is 1.25 bits per heavy atom. The van der Waals surface area contributed by atoms with Gasteiger partial charge in [0.2, 0.25) is 0 Å². The molecule has 1 fully saturated rings. The maximum atomic E-state index is 12.7. The van der Waals surface area contributed by atoms with E-state index in [1.165, 1.54) is 4.88 Å². The predicted molar refractivity (Wildman–Crippen MR) is 99.3 cm³/mol. The van der Waals surface area contributed by atoms with E-state index >= 15 is 0 Å². The van der Waals surface area contributed by atoms with Crippen molar-refractivity contribution in [2.75, 3.05) is 25.5 Å². The van der Waals surface area contributed by atoms with E-state index in [-0.39, 0.29) is 5.91 Å². The molecule has 1 N–H and O–H groups in total. The Hall–Kier alpha value is -2.01. The summed E-state index contributed by atoms with van der Waals surface area (Å²) in [6.07, 6.45) is 1.93. The van der Waals surface area contributed by atoms with Gasteiger partial charge in [0, 0.05) is 40.6 Å². The number of hydrogen-bond acceptors (Lipinski definition) is 4. The maximum Gasteiger partial charge on any atom is 0.254 e. The molecule has 2 heterocycles. The minimum Gasteiger partial charge on any atom is -0.497 e. The van der Waals surface area contributed by atoms with Crippen LogP contribution in [0.5, 0.6) is 5.75 Å². The van der Waals surface area contributed by atoms with Gasteiger partial charge in [-0.05, 0) is 44.9 Å². The summed E-state index contributed by atoms with van der Waals surface area (Å²) in [7, 11) is 1.68. The summed E-state index contributed by atoms with van der Waals surface area (Å²) in [6, 6.07) is 10.4. The maximum absolute atomic E-state index is 12.7. The Morgan fingerprint density at radius 2 is 2.00 bits per heavy atom. The van der Waals surface area contributed by atoms with Crippen LogP contribution >= 0.6 is 11.3 Å². The third-order valence-electron chi connectivity index (χ3n) is 4.49. The van der Waals surface area contributed by atoms with Crippen molar-refractivity contribution in [3.63, 3.8) is 0 Å². The number of rotatable bonds is 4. The van der Waals surface area contributed by atoms with Crippen molar-refractivity contribution < 1.29 is 9.53 Å². The number of methoxy groups -OCH3 is 1. The van der Waals surface area contributed by atoms with Gasteiger partial charge in [-0.15, -0.1) is 11.3 Å². The lowest BCUT2D eigenvalue weighted by Crippen LogP contribution is -2.42. The lowest BCUT2D eigenvalue weighted by Gasteiger charge is -2.33. The second-order valence-electron chi connectivity index (χ2n) is 6.27. The molecule has 1 aliphatic rings. The fourth-order valence-corrected chi connectivity index (χ4v) is 4.10. The monoisotopic (exact) mass is 344 g/mol. The molecule has 0 spiro atoms. The highest BCUT2D eigenvalue weighted by molar-refractivity contribution is 7.12.